The third kappa shape index (κ3) is 4.25. The van der Waals surface area contributed by atoms with Gasteiger partial charge in [0, 0.05) is 10.9 Å². The Kier molecular flexibility index (Phi) is 6.31. The number of aliphatic hydroxyl groups is 1. The van der Waals surface area contributed by atoms with Crippen molar-refractivity contribution < 1.29 is 28.9 Å². The summed E-state index contributed by atoms with van der Waals surface area (Å²) in [6, 6.07) is 4.16. The first-order chi connectivity index (χ1) is 12.0. The van der Waals surface area contributed by atoms with Crippen molar-refractivity contribution in [1.29, 1.82) is 0 Å². The minimum atomic E-state index is -1.14. The van der Waals surface area contributed by atoms with Gasteiger partial charge in [-0.2, -0.15) is 0 Å². The third-order valence-electron chi connectivity index (χ3n) is 3.34. The van der Waals surface area contributed by atoms with Crippen LogP contribution in [0.2, 0.25) is 0 Å². The van der Waals surface area contributed by atoms with E-state index in [2.05, 4.69) is 15.0 Å². The van der Waals surface area contributed by atoms with Crippen LogP contribution in [0.25, 0.3) is 10.6 Å². The predicted molar refractivity (Wildman–Crippen MR) is 91.0 cm³/mol. The minimum Gasteiger partial charge on any atom is -0.493 e. The zero-order valence-corrected chi connectivity index (χ0v) is 14.8. The van der Waals surface area contributed by atoms with Gasteiger partial charge in [0.25, 0.3) is 5.91 Å². The van der Waals surface area contributed by atoms with E-state index in [1.54, 1.807) is 30.7 Å². The molecule has 8 nitrogen and oxygen atoms in total. The zero-order valence-electron chi connectivity index (χ0n) is 13.9. The second-order valence-electron chi connectivity index (χ2n) is 4.84. The third-order valence-corrected chi connectivity index (χ3v) is 4.23. The number of rotatable bonds is 7. The zero-order chi connectivity index (χ0) is 18.4. The molecule has 1 aromatic carbocycles. The average Bonchev–Trinajstić information content (AvgIpc) is 3.14. The monoisotopic (exact) mass is 366 g/mol. The van der Waals surface area contributed by atoms with Gasteiger partial charge < -0.3 is 24.6 Å². The van der Waals surface area contributed by atoms with Crippen molar-refractivity contribution in [2.75, 3.05) is 27.9 Å². The summed E-state index contributed by atoms with van der Waals surface area (Å²) in [4.78, 5) is 27.9. The summed E-state index contributed by atoms with van der Waals surface area (Å²) >= 11 is 1.27. The molecule has 2 rings (SSSR count). The molecule has 1 atom stereocenters. The average molecular weight is 366 g/mol. The van der Waals surface area contributed by atoms with Crippen LogP contribution in [0.5, 0.6) is 11.5 Å². The van der Waals surface area contributed by atoms with Gasteiger partial charge >= 0.3 is 5.97 Å². The fourth-order valence-corrected chi connectivity index (χ4v) is 2.83. The van der Waals surface area contributed by atoms with Gasteiger partial charge in [-0.15, -0.1) is 11.3 Å². The van der Waals surface area contributed by atoms with Crippen LogP contribution >= 0.6 is 11.3 Å². The van der Waals surface area contributed by atoms with Crippen LogP contribution in [-0.4, -0.2) is 55.9 Å². The van der Waals surface area contributed by atoms with Crippen LogP contribution in [0.3, 0.4) is 0 Å². The number of ether oxygens (including phenoxy) is 3. The van der Waals surface area contributed by atoms with Crippen LogP contribution in [0.15, 0.2) is 23.6 Å². The van der Waals surface area contributed by atoms with E-state index in [0.717, 1.165) is 5.56 Å². The van der Waals surface area contributed by atoms with Gasteiger partial charge in [-0.1, -0.05) is 0 Å². The van der Waals surface area contributed by atoms with Crippen molar-refractivity contribution >= 4 is 23.2 Å². The van der Waals surface area contributed by atoms with E-state index in [1.807, 2.05) is 0 Å². The molecule has 0 fully saturated rings. The van der Waals surface area contributed by atoms with Gasteiger partial charge in [0.15, 0.2) is 17.5 Å². The molecule has 2 N–H and O–H groups in total. The molecule has 0 unspecified atom stereocenters. The Hall–Kier alpha value is -2.65. The molecule has 1 amide bonds. The Labute approximate surface area is 148 Å². The maximum atomic E-state index is 12.2. The number of carbonyl (C=O) groups is 2. The van der Waals surface area contributed by atoms with Gasteiger partial charge in [-0.05, 0) is 18.2 Å². The minimum absolute atomic E-state index is 0.136. The maximum Gasteiger partial charge on any atom is 0.330 e. The Morgan fingerprint density at radius 2 is 1.96 bits per heavy atom. The summed E-state index contributed by atoms with van der Waals surface area (Å²) in [7, 11) is 4.25. The summed E-state index contributed by atoms with van der Waals surface area (Å²) in [6.07, 6.45) is 0. The molecule has 9 heteroatoms. The summed E-state index contributed by atoms with van der Waals surface area (Å²) in [6.45, 7) is -0.564. The van der Waals surface area contributed by atoms with Gasteiger partial charge in [0.05, 0.1) is 27.9 Å². The lowest BCUT2D eigenvalue weighted by atomic mass is 10.2. The highest BCUT2D eigenvalue weighted by molar-refractivity contribution is 7.13. The molecule has 0 saturated heterocycles. The van der Waals surface area contributed by atoms with E-state index in [0.29, 0.717) is 16.5 Å². The van der Waals surface area contributed by atoms with E-state index in [4.69, 9.17) is 14.6 Å². The smallest absolute Gasteiger partial charge is 0.330 e. The number of aromatic nitrogens is 1. The van der Waals surface area contributed by atoms with E-state index < -0.39 is 24.5 Å². The van der Waals surface area contributed by atoms with Crippen molar-refractivity contribution in [2.24, 2.45) is 0 Å². The van der Waals surface area contributed by atoms with E-state index >= 15 is 0 Å². The van der Waals surface area contributed by atoms with Crippen molar-refractivity contribution in [1.82, 2.24) is 10.3 Å². The summed E-state index contributed by atoms with van der Waals surface area (Å²) < 4.78 is 14.9. The molecular weight excluding hydrogens is 348 g/mol. The molecule has 0 radical (unpaired) electrons. The predicted octanol–water partition coefficient (Wildman–Crippen LogP) is 1.09. The highest BCUT2D eigenvalue weighted by atomic mass is 32.1. The normalized spacial score (nSPS) is 11.5. The molecule has 0 saturated carbocycles. The number of esters is 1. The van der Waals surface area contributed by atoms with Gasteiger partial charge in [0.1, 0.15) is 10.7 Å². The Morgan fingerprint density at radius 3 is 2.56 bits per heavy atom. The van der Waals surface area contributed by atoms with Crippen LogP contribution in [0.4, 0.5) is 0 Å². The summed E-state index contributed by atoms with van der Waals surface area (Å²) in [5.74, 6) is -0.171. The second-order valence-corrected chi connectivity index (χ2v) is 5.70. The van der Waals surface area contributed by atoms with Crippen molar-refractivity contribution in [3.8, 4) is 22.1 Å². The lowest BCUT2D eigenvalue weighted by Gasteiger charge is -2.12. The molecule has 25 heavy (non-hydrogen) atoms. The number of hydrogen-bond donors (Lipinski definition) is 2. The lowest BCUT2D eigenvalue weighted by molar-refractivity contribution is -0.143. The quantitative estimate of drug-likeness (QED) is 0.706. The molecule has 134 valence electrons. The molecular formula is C16H18N2O6S. The number of hydrogen-bond acceptors (Lipinski definition) is 8. The molecule has 0 bridgehead atoms. The number of nitrogens with zero attached hydrogens (tertiary/aromatic N) is 1. The van der Waals surface area contributed by atoms with Gasteiger partial charge in [-0.25, -0.2) is 9.78 Å². The van der Waals surface area contributed by atoms with E-state index in [-0.39, 0.29) is 5.69 Å². The Morgan fingerprint density at radius 1 is 1.24 bits per heavy atom. The Bertz CT molecular complexity index is 761. The maximum absolute atomic E-state index is 12.2. The number of nitrogens with one attached hydrogen (secondary N) is 1. The fraction of sp³-hybridized carbons (Fsp3) is 0.312. The first-order valence-electron chi connectivity index (χ1n) is 7.21. The molecule has 0 spiro atoms. The standard InChI is InChI=1S/C16H18N2O6S/c1-22-12-5-4-9(6-13(12)23-2)15-18-11(8-25-15)14(20)17-10(7-19)16(21)24-3/h4-6,8,10,19H,7H2,1-3H3,(H,17,20)/t10-/m1/s1. The van der Waals surface area contributed by atoms with Gasteiger partial charge in [-0.3, -0.25) is 4.79 Å². The number of thiazole rings is 1. The molecule has 0 aliphatic rings. The van der Waals surface area contributed by atoms with Crippen molar-refractivity contribution in [3.05, 3.63) is 29.3 Å². The number of carbonyl (C=O) groups excluding carboxylic acids is 2. The van der Waals surface area contributed by atoms with E-state index in [1.165, 1.54) is 25.6 Å². The van der Waals surface area contributed by atoms with Crippen LogP contribution < -0.4 is 14.8 Å². The van der Waals surface area contributed by atoms with Crippen LogP contribution in [0.1, 0.15) is 10.5 Å². The summed E-state index contributed by atoms with van der Waals surface area (Å²) in [5, 5.41) is 13.7. The number of methoxy groups -OCH3 is 3. The second kappa shape index (κ2) is 8.45. The molecule has 1 aromatic heterocycles. The molecule has 2 aromatic rings. The van der Waals surface area contributed by atoms with Crippen molar-refractivity contribution in [3.63, 3.8) is 0 Å². The SMILES string of the molecule is COC(=O)[C@@H](CO)NC(=O)c1csc(-c2ccc(OC)c(OC)c2)n1. The van der Waals surface area contributed by atoms with Crippen molar-refractivity contribution in [2.45, 2.75) is 6.04 Å². The van der Waals surface area contributed by atoms with E-state index in [9.17, 15) is 9.59 Å². The Balaban J connectivity index is 2.19. The largest absolute Gasteiger partial charge is 0.493 e. The fourth-order valence-electron chi connectivity index (χ4n) is 2.03. The molecule has 0 aliphatic carbocycles. The van der Waals surface area contributed by atoms with Crippen LogP contribution in [0, 0.1) is 0 Å². The lowest BCUT2D eigenvalue weighted by Crippen LogP contribution is -2.44. The summed E-state index contributed by atoms with van der Waals surface area (Å²) in [5.41, 5.74) is 0.894. The van der Waals surface area contributed by atoms with Gasteiger partial charge in [0.2, 0.25) is 0 Å². The number of benzene rings is 1. The highest BCUT2D eigenvalue weighted by Crippen LogP contribution is 2.33. The number of amides is 1. The molecule has 0 aliphatic heterocycles. The molecule has 1 heterocycles. The topological polar surface area (TPSA) is 107 Å². The number of aliphatic hydroxyl groups excluding tert-OH is 1. The first kappa shape index (κ1) is 18.7. The van der Waals surface area contributed by atoms with Crippen LogP contribution in [-0.2, 0) is 9.53 Å². The first-order valence-corrected chi connectivity index (χ1v) is 8.09. The highest BCUT2D eigenvalue weighted by Gasteiger charge is 2.22.